The van der Waals surface area contributed by atoms with Crippen LogP contribution < -0.4 is 10.6 Å². The van der Waals surface area contributed by atoms with Crippen molar-refractivity contribution in [1.29, 1.82) is 0 Å². The van der Waals surface area contributed by atoms with Crippen LogP contribution in [0, 0.1) is 11.8 Å². The van der Waals surface area contributed by atoms with Gasteiger partial charge in [0, 0.05) is 13.1 Å². The molecule has 3 rings (SSSR count). The lowest BCUT2D eigenvalue weighted by molar-refractivity contribution is -0.149. The number of rotatable bonds is 4. The van der Waals surface area contributed by atoms with Crippen molar-refractivity contribution in [2.24, 2.45) is 11.8 Å². The van der Waals surface area contributed by atoms with Crippen molar-refractivity contribution < 1.29 is 27.5 Å². The Morgan fingerprint density at radius 2 is 1.89 bits per heavy atom. The summed E-state index contributed by atoms with van der Waals surface area (Å²) in [7, 11) is -3.87. The van der Waals surface area contributed by atoms with Gasteiger partial charge < -0.3 is 15.4 Å². The Balaban J connectivity index is 1.87. The summed E-state index contributed by atoms with van der Waals surface area (Å²) in [6.45, 7) is 3.78. The van der Waals surface area contributed by atoms with Gasteiger partial charge >= 0.3 is 5.97 Å². The number of piperidine rings is 1. The van der Waals surface area contributed by atoms with Crippen molar-refractivity contribution in [2.75, 3.05) is 30.3 Å². The number of anilines is 2. The summed E-state index contributed by atoms with van der Waals surface area (Å²) in [4.78, 5) is 36.0. The van der Waals surface area contributed by atoms with Crippen LogP contribution in [0.4, 0.5) is 11.4 Å². The van der Waals surface area contributed by atoms with Crippen molar-refractivity contribution in [2.45, 2.75) is 31.6 Å². The van der Waals surface area contributed by atoms with Crippen LogP contribution >= 0.6 is 0 Å². The molecule has 152 valence electrons. The zero-order valence-corrected chi connectivity index (χ0v) is 16.5. The van der Waals surface area contributed by atoms with Crippen LogP contribution in [-0.2, 0) is 29.1 Å². The normalized spacial score (nSPS) is 23.2. The van der Waals surface area contributed by atoms with Crippen LogP contribution in [0.2, 0.25) is 0 Å². The number of nitrogens with zero attached hydrogens (tertiary/aromatic N) is 1. The Hall–Kier alpha value is -2.46. The number of esters is 1. The van der Waals surface area contributed by atoms with E-state index in [4.69, 9.17) is 4.74 Å². The number of carbonyl (C=O) groups is 3. The molecular formula is C18H23N3O6S. The number of carbonyl (C=O) groups excluding carboxylic acids is 3. The zero-order valence-electron chi connectivity index (χ0n) is 15.7. The van der Waals surface area contributed by atoms with E-state index in [1.165, 1.54) is 29.4 Å². The van der Waals surface area contributed by atoms with Crippen molar-refractivity contribution in [3.63, 3.8) is 0 Å². The van der Waals surface area contributed by atoms with E-state index in [2.05, 4.69) is 10.6 Å². The molecule has 2 heterocycles. The van der Waals surface area contributed by atoms with Gasteiger partial charge in [0.2, 0.25) is 21.8 Å². The highest BCUT2D eigenvalue weighted by Crippen LogP contribution is 2.31. The third kappa shape index (κ3) is 3.88. The lowest BCUT2D eigenvalue weighted by atomic mass is 10.0. The maximum atomic E-state index is 13.1. The van der Waals surface area contributed by atoms with Crippen LogP contribution in [0.5, 0.6) is 0 Å². The molecule has 2 amide bonds. The summed E-state index contributed by atoms with van der Waals surface area (Å²) in [6, 6.07) is 4.16. The van der Waals surface area contributed by atoms with Crippen LogP contribution in [-0.4, -0.2) is 50.2 Å². The highest BCUT2D eigenvalue weighted by atomic mass is 32.2. The number of hydrogen-bond donors (Lipinski definition) is 2. The fourth-order valence-corrected chi connectivity index (χ4v) is 4.81. The van der Waals surface area contributed by atoms with Gasteiger partial charge in [-0.25, -0.2) is 8.42 Å². The highest BCUT2D eigenvalue weighted by Gasteiger charge is 2.35. The minimum absolute atomic E-state index is 0.0140. The minimum atomic E-state index is -3.87. The van der Waals surface area contributed by atoms with Crippen molar-refractivity contribution >= 4 is 39.2 Å². The van der Waals surface area contributed by atoms with E-state index in [1.807, 2.05) is 0 Å². The van der Waals surface area contributed by atoms with Gasteiger partial charge in [-0.2, -0.15) is 4.31 Å². The van der Waals surface area contributed by atoms with Crippen LogP contribution in [0.3, 0.4) is 0 Å². The maximum absolute atomic E-state index is 13.1. The molecule has 1 saturated heterocycles. The monoisotopic (exact) mass is 409 g/mol. The first kappa shape index (κ1) is 20.3. The molecule has 1 fully saturated rings. The average molecular weight is 409 g/mol. The fourth-order valence-electron chi connectivity index (χ4n) is 3.26. The molecule has 0 aromatic heterocycles. The first-order valence-electron chi connectivity index (χ1n) is 9.16. The van der Waals surface area contributed by atoms with Crippen molar-refractivity contribution in [3.8, 4) is 0 Å². The lowest BCUT2D eigenvalue weighted by Gasteiger charge is -2.30. The lowest BCUT2D eigenvalue weighted by Crippen LogP contribution is -2.42. The summed E-state index contributed by atoms with van der Waals surface area (Å²) in [6.07, 6.45) is 1.13. The predicted molar refractivity (Wildman–Crippen MR) is 101 cm³/mol. The van der Waals surface area contributed by atoms with Gasteiger partial charge in [0.15, 0.2) is 0 Å². The molecule has 2 unspecified atom stereocenters. The van der Waals surface area contributed by atoms with Crippen LogP contribution in [0.1, 0.15) is 26.7 Å². The number of hydrogen-bond acceptors (Lipinski definition) is 6. The van der Waals surface area contributed by atoms with Crippen molar-refractivity contribution in [1.82, 2.24) is 4.31 Å². The van der Waals surface area contributed by atoms with E-state index < -0.39 is 39.6 Å². The number of benzene rings is 1. The Labute approximate surface area is 163 Å². The van der Waals surface area contributed by atoms with E-state index >= 15 is 0 Å². The van der Waals surface area contributed by atoms with Gasteiger partial charge in [-0.3, -0.25) is 14.4 Å². The Morgan fingerprint density at radius 3 is 2.57 bits per heavy atom. The molecule has 1 aromatic rings. The molecule has 9 nitrogen and oxygen atoms in total. The van der Waals surface area contributed by atoms with E-state index in [9.17, 15) is 22.8 Å². The van der Waals surface area contributed by atoms with Gasteiger partial charge in [0.05, 0.1) is 28.8 Å². The number of ether oxygens (including phenoxy) is 1. The molecule has 0 aliphatic carbocycles. The standard InChI is InChI=1S/C18H23N3O6S/c1-3-27-18(24)12-5-4-8-21(10-12)28(25,26)13-6-7-14-15(9-13)20-17(23)11(2)16(22)19-14/h6-7,9,11-12H,3-5,8,10H2,1-2H3,(H,19,22)(H,20,23). The summed E-state index contributed by atoms with van der Waals surface area (Å²) in [5.41, 5.74) is 0.562. The molecule has 0 saturated carbocycles. The Morgan fingerprint density at radius 1 is 1.21 bits per heavy atom. The van der Waals surface area contributed by atoms with E-state index in [1.54, 1.807) is 6.92 Å². The SMILES string of the molecule is CCOC(=O)C1CCCN(S(=O)(=O)c2ccc3c(c2)NC(=O)C(C)C(=O)N3)C1. The molecular weight excluding hydrogens is 386 g/mol. The maximum Gasteiger partial charge on any atom is 0.310 e. The number of sulfonamides is 1. The molecule has 10 heteroatoms. The molecule has 2 N–H and O–H groups in total. The molecule has 2 atom stereocenters. The zero-order chi connectivity index (χ0) is 20.5. The van der Waals surface area contributed by atoms with Gasteiger partial charge in [0.25, 0.3) is 0 Å². The molecule has 2 aliphatic rings. The van der Waals surface area contributed by atoms with E-state index in [0.717, 1.165) is 0 Å². The minimum Gasteiger partial charge on any atom is -0.466 e. The van der Waals surface area contributed by atoms with Crippen molar-refractivity contribution in [3.05, 3.63) is 18.2 Å². The summed E-state index contributed by atoms with van der Waals surface area (Å²) in [5, 5.41) is 5.19. The number of fused-ring (bicyclic) bond motifs is 1. The van der Waals surface area contributed by atoms with E-state index in [-0.39, 0.29) is 23.7 Å². The third-order valence-electron chi connectivity index (χ3n) is 4.94. The molecule has 0 bridgehead atoms. The molecule has 1 aromatic carbocycles. The number of nitrogens with one attached hydrogen (secondary N) is 2. The average Bonchev–Trinajstić information content (AvgIpc) is 2.78. The first-order chi connectivity index (χ1) is 13.2. The summed E-state index contributed by atoms with van der Waals surface area (Å²) >= 11 is 0. The summed E-state index contributed by atoms with van der Waals surface area (Å²) < 4.78 is 32.4. The highest BCUT2D eigenvalue weighted by molar-refractivity contribution is 7.89. The van der Waals surface area contributed by atoms with Gasteiger partial charge in [-0.15, -0.1) is 0 Å². The largest absolute Gasteiger partial charge is 0.466 e. The van der Waals surface area contributed by atoms with Crippen LogP contribution in [0.25, 0.3) is 0 Å². The smallest absolute Gasteiger partial charge is 0.310 e. The second-order valence-electron chi connectivity index (χ2n) is 6.86. The Kier molecular flexibility index (Phi) is 5.71. The number of amides is 2. The quantitative estimate of drug-likeness (QED) is 0.569. The van der Waals surface area contributed by atoms with Gasteiger partial charge in [0.1, 0.15) is 5.92 Å². The summed E-state index contributed by atoms with van der Waals surface area (Å²) in [5.74, 6) is -2.75. The fraction of sp³-hybridized carbons (Fsp3) is 0.500. The van der Waals surface area contributed by atoms with Gasteiger partial charge in [-0.05, 0) is 44.9 Å². The topological polar surface area (TPSA) is 122 Å². The Bertz CT molecular complexity index is 914. The molecule has 28 heavy (non-hydrogen) atoms. The van der Waals surface area contributed by atoms with E-state index in [0.29, 0.717) is 25.1 Å². The second kappa shape index (κ2) is 7.88. The van der Waals surface area contributed by atoms with Gasteiger partial charge in [-0.1, -0.05) is 0 Å². The first-order valence-corrected chi connectivity index (χ1v) is 10.6. The third-order valence-corrected chi connectivity index (χ3v) is 6.80. The second-order valence-corrected chi connectivity index (χ2v) is 8.80. The van der Waals surface area contributed by atoms with Crippen LogP contribution in [0.15, 0.2) is 23.1 Å². The molecule has 0 spiro atoms. The molecule has 0 radical (unpaired) electrons. The molecule has 2 aliphatic heterocycles. The predicted octanol–water partition coefficient (Wildman–Crippen LogP) is 1.18.